The predicted molar refractivity (Wildman–Crippen MR) is 134 cm³/mol. The molecular weight excluding hydrogens is 474 g/mol. The highest BCUT2D eigenvalue weighted by atomic mass is 16.4. The first kappa shape index (κ1) is 24.4. The summed E-state index contributed by atoms with van der Waals surface area (Å²) in [6, 6.07) is 6.76. The van der Waals surface area contributed by atoms with Gasteiger partial charge in [-0.25, -0.2) is 14.8 Å². The summed E-state index contributed by atoms with van der Waals surface area (Å²) < 4.78 is 0. The number of hydrogen-bond acceptors (Lipinski definition) is 7. The molecule has 11 heteroatoms. The third-order valence-corrected chi connectivity index (χ3v) is 6.84. The monoisotopic (exact) mass is 501 g/mol. The van der Waals surface area contributed by atoms with Crippen molar-refractivity contribution < 1.29 is 19.5 Å². The summed E-state index contributed by atoms with van der Waals surface area (Å²) in [5, 5.41) is 19.1. The summed E-state index contributed by atoms with van der Waals surface area (Å²) in [4.78, 5) is 49.2. The average molecular weight is 502 g/mol. The summed E-state index contributed by atoms with van der Waals surface area (Å²) in [6.45, 7) is 2.80. The van der Waals surface area contributed by atoms with Crippen LogP contribution in [0.4, 0.5) is 5.69 Å². The van der Waals surface area contributed by atoms with E-state index in [0.29, 0.717) is 61.6 Å². The van der Waals surface area contributed by atoms with E-state index in [4.69, 9.17) is 0 Å². The van der Waals surface area contributed by atoms with Crippen LogP contribution in [0.15, 0.2) is 36.7 Å². The second-order valence-electron chi connectivity index (χ2n) is 9.34. The Balaban J connectivity index is 1.09. The Bertz CT molecular complexity index is 1370. The summed E-state index contributed by atoms with van der Waals surface area (Å²) in [5.74, 6) is 5.53. The Kier molecular flexibility index (Phi) is 7.09. The van der Waals surface area contributed by atoms with E-state index in [9.17, 15) is 19.5 Å². The molecule has 0 radical (unpaired) electrons. The van der Waals surface area contributed by atoms with Crippen molar-refractivity contribution in [1.29, 1.82) is 0 Å². The molecule has 1 unspecified atom stereocenters. The van der Waals surface area contributed by atoms with Gasteiger partial charge in [-0.15, -0.1) is 0 Å². The number of hydrogen-bond donors (Lipinski definition) is 3. The molecule has 3 aromatic rings. The van der Waals surface area contributed by atoms with Crippen LogP contribution in [-0.2, 0) is 9.59 Å². The van der Waals surface area contributed by atoms with Gasteiger partial charge in [-0.3, -0.25) is 19.6 Å². The number of likely N-dealkylation sites (tertiary alicyclic amines) is 2. The number of carboxylic acid groups (broad SMARTS) is 1. The maximum absolute atomic E-state index is 12.9. The zero-order valence-electron chi connectivity index (χ0n) is 20.2. The van der Waals surface area contributed by atoms with Crippen molar-refractivity contribution >= 4 is 34.4 Å². The molecule has 2 amide bonds. The van der Waals surface area contributed by atoms with Gasteiger partial charge in [0.1, 0.15) is 0 Å². The number of piperidine rings is 1. The molecule has 2 aliphatic heterocycles. The molecule has 2 saturated heterocycles. The van der Waals surface area contributed by atoms with Crippen molar-refractivity contribution in [3.8, 4) is 11.8 Å². The van der Waals surface area contributed by atoms with Gasteiger partial charge in [0.05, 0.1) is 18.0 Å². The second-order valence-corrected chi connectivity index (χ2v) is 9.34. The van der Waals surface area contributed by atoms with Crippen molar-refractivity contribution in [2.75, 3.05) is 38.0 Å². The Hall–Kier alpha value is -4.30. The number of nitrogens with zero attached hydrogens (tertiary/aromatic N) is 5. The maximum atomic E-state index is 12.9. The van der Waals surface area contributed by atoms with Gasteiger partial charge in [0.2, 0.25) is 17.6 Å². The molecule has 4 heterocycles. The normalized spacial score (nSPS) is 18.4. The van der Waals surface area contributed by atoms with Gasteiger partial charge in [-0.1, -0.05) is 5.92 Å². The molecule has 2 aliphatic rings. The van der Waals surface area contributed by atoms with Crippen LogP contribution in [-0.4, -0.2) is 85.6 Å². The van der Waals surface area contributed by atoms with Crippen LogP contribution in [0.3, 0.4) is 0 Å². The highest BCUT2D eigenvalue weighted by Crippen LogP contribution is 2.24. The number of fused-ring (bicyclic) bond motifs is 1. The van der Waals surface area contributed by atoms with Gasteiger partial charge in [0.25, 0.3) is 0 Å². The van der Waals surface area contributed by atoms with E-state index >= 15 is 0 Å². The number of H-pyrrole nitrogens is 1. The fourth-order valence-electron chi connectivity index (χ4n) is 4.78. The van der Waals surface area contributed by atoms with Gasteiger partial charge in [0, 0.05) is 49.0 Å². The molecule has 11 nitrogen and oxygen atoms in total. The van der Waals surface area contributed by atoms with Gasteiger partial charge in [0.15, 0.2) is 5.69 Å². The lowest BCUT2D eigenvalue weighted by Gasteiger charge is -2.31. The summed E-state index contributed by atoms with van der Waals surface area (Å²) in [7, 11) is 0. The molecule has 0 spiro atoms. The number of carbonyl (C=O) groups excluding carboxylic acids is 2. The summed E-state index contributed by atoms with van der Waals surface area (Å²) in [6.07, 6.45) is 5.64. The molecule has 2 aromatic heterocycles. The number of aromatic nitrogens is 4. The first-order valence-electron chi connectivity index (χ1n) is 12.3. The minimum absolute atomic E-state index is 0.0745. The van der Waals surface area contributed by atoms with Crippen molar-refractivity contribution in [1.82, 2.24) is 30.0 Å². The van der Waals surface area contributed by atoms with E-state index in [2.05, 4.69) is 37.3 Å². The molecule has 1 aromatic carbocycles. The zero-order valence-corrected chi connectivity index (χ0v) is 20.2. The van der Waals surface area contributed by atoms with Crippen LogP contribution >= 0.6 is 0 Å². The molecule has 190 valence electrons. The number of rotatable bonds is 5. The number of nitrogens with one attached hydrogen (secondary N) is 2. The number of carboxylic acids is 1. The largest absolute Gasteiger partial charge is 0.476 e. The van der Waals surface area contributed by atoms with E-state index in [-0.39, 0.29) is 29.3 Å². The fraction of sp³-hybridized carbons (Fsp3) is 0.385. The molecule has 3 N–H and O–H groups in total. The maximum Gasteiger partial charge on any atom is 0.357 e. The molecule has 0 bridgehead atoms. The van der Waals surface area contributed by atoms with Crippen LogP contribution in [0.2, 0.25) is 0 Å². The lowest BCUT2D eigenvalue weighted by atomic mass is 9.97. The highest BCUT2D eigenvalue weighted by Gasteiger charge is 2.31. The van der Waals surface area contributed by atoms with Crippen LogP contribution in [0.25, 0.3) is 10.9 Å². The first-order valence-corrected chi connectivity index (χ1v) is 12.3. The van der Waals surface area contributed by atoms with Crippen LogP contribution in [0.5, 0.6) is 0 Å². The third kappa shape index (κ3) is 5.76. The molecule has 2 fully saturated rings. The molecular formula is C26H27N7O4. The lowest BCUT2D eigenvalue weighted by Crippen LogP contribution is -2.43. The van der Waals surface area contributed by atoms with E-state index in [1.807, 2.05) is 9.80 Å². The quantitative estimate of drug-likeness (QED) is 0.447. The Morgan fingerprint density at radius 1 is 1.11 bits per heavy atom. The average Bonchev–Trinajstić information content (AvgIpc) is 3.55. The van der Waals surface area contributed by atoms with Crippen LogP contribution in [0, 0.1) is 23.7 Å². The number of carbonyl (C=O) groups is 3. The van der Waals surface area contributed by atoms with Crippen molar-refractivity contribution in [2.24, 2.45) is 11.8 Å². The van der Waals surface area contributed by atoms with Gasteiger partial charge < -0.3 is 15.3 Å². The molecule has 37 heavy (non-hydrogen) atoms. The third-order valence-electron chi connectivity index (χ3n) is 6.84. The Morgan fingerprint density at radius 2 is 1.89 bits per heavy atom. The molecule has 0 saturated carbocycles. The standard InChI is InChI=1S/C26H27N7O4/c34-23(33-12-6-17(7-13-33)2-5-22-27-9-1-10-28-22)16-32-11-8-18(15-32)25(35)29-19-3-4-21-20(14-19)24(26(36)37)31-30-21/h1,3-4,9-10,14,17-18H,6-8,11-13,15-16H2,(H,29,35)(H,30,31)(H,36,37). The zero-order chi connectivity index (χ0) is 25.8. The minimum Gasteiger partial charge on any atom is -0.476 e. The van der Waals surface area contributed by atoms with Crippen LogP contribution in [0.1, 0.15) is 35.6 Å². The number of aromatic amines is 1. The van der Waals surface area contributed by atoms with Gasteiger partial charge in [-0.05, 0) is 56.0 Å². The fourth-order valence-corrected chi connectivity index (χ4v) is 4.78. The van der Waals surface area contributed by atoms with Gasteiger partial charge in [-0.2, -0.15) is 5.10 Å². The van der Waals surface area contributed by atoms with E-state index in [1.165, 1.54) is 0 Å². The van der Waals surface area contributed by atoms with E-state index in [0.717, 1.165) is 12.8 Å². The Labute approximate surface area is 213 Å². The van der Waals surface area contributed by atoms with Gasteiger partial charge >= 0.3 is 5.97 Å². The lowest BCUT2D eigenvalue weighted by molar-refractivity contribution is -0.133. The number of anilines is 1. The highest BCUT2D eigenvalue weighted by molar-refractivity contribution is 6.03. The predicted octanol–water partition coefficient (Wildman–Crippen LogP) is 1.60. The molecule has 5 rings (SSSR count). The van der Waals surface area contributed by atoms with Crippen molar-refractivity contribution in [3.05, 3.63) is 48.2 Å². The molecule has 1 atom stereocenters. The van der Waals surface area contributed by atoms with E-state index in [1.54, 1.807) is 36.7 Å². The second kappa shape index (κ2) is 10.8. The minimum atomic E-state index is -1.13. The summed E-state index contributed by atoms with van der Waals surface area (Å²) >= 11 is 0. The van der Waals surface area contributed by atoms with Crippen LogP contribution < -0.4 is 5.32 Å². The number of benzene rings is 1. The molecule has 0 aliphatic carbocycles. The first-order chi connectivity index (χ1) is 18.0. The van der Waals surface area contributed by atoms with Crippen molar-refractivity contribution in [2.45, 2.75) is 19.3 Å². The smallest absolute Gasteiger partial charge is 0.357 e. The SMILES string of the molecule is O=C(O)c1n[nH]c2ccc(NC(=O)C3CCN(CC(=O)N4CCC(C#Cc5ncccn5)CC4)C3)cc12. The van der Waals surface area contributed by atoms with E-state index < -0.39 is 5.97 Å². The topological polar surface area (TPSA) is 144 Å². The summed E-state index contributed by atoms with van der Waals surface area (Å²) in [5.41, 5.74) is 1.01. The number of amides is 2. The van der Waals surface area contributed by atoms with Crippen molar-refractivity contribution in [3.63, 3.8) is 0 Å². The number of aromatic carboxylic acids is 1. The Morgan fingerprint density at radius 3 is 2.65 bits per heavy atom.